The Morgan fingerprint density at radius 3 is 2.23 bits per heavy atom. The van der Waals surface area contributed by atoms with Gasteiger partial charge in [-0.3, -0.25) is 0 Å². The molecule has 5 heteroatoms. The topological polar surface area (TPSA) is 18.5 Å². The smallest absolute Gasteiger partial charge is 0.201 e. The van der Waals surface area contributed by atoms with Crippen LogP contribution in [0.2, 0.25) is 0 Å². The van der Waals surface area contributed by atoms with Gasteiger partial charge in [-0.2, -0.15) is 4.39 Å². The molecule has 160 valence electrons. The maximum atomic E-state index is 14.8. The average molecular weight is 424 g/mol. The molecule has 31 heavy (non-hydrogen) atoms. The normalized spacial score (nSPS) is 18.6. The molecule has 1 aliphatic rings. The van der Waals surface area contributed by atoms with E-state index < -0.39 is 11.6 Å². The van der Waals surface area contributed by atoms with Crippen molar-refractivity contribution in [2.75, 3.05) is 13.7 Å². The summed E-state index contributed by atoms with van der Waals surface area (Å²) in [6.07, 6.45) is 3.51. The van der Waals surface area contributed by atoms with Gasteiger partial charge in [0.15, 0.2) is 11.6 Å². The lowest BCUT2D eigenvalue weighted by atomic mass is 9.89. The summed E-state index contributed by atoms with van der Waals surface area (Å²) >= 11 is 0. The van der Waals surface area contributed by atoms with Gasteiger partial charge in [-0.1, -0.05) is 42.5 Å². The van der Waals surface area contributed by atoms with Gasteiger partial charge in [0.05, 0.1) is 19.8 Å². The van der Waals surface area contributed by atoms with Gasteiger partial charge in [-0.15, -0.1) is 6.58 Å². The largest absolute Gasteiger partial charge is 0.494 e. The number of hydrogen-bond acceptors (Lipinski definition) is 2. The van der Waals surface area contributed by atoms with E-state index in [0.717, 1.165) is 24.0 Å². The van der Waals surface area contributed by atoms with Gasteiger partial charge in [0.25, 0.3) is 0 Å². The zero-order chi connectivity index (χ0) is 22.0. The van der Waals surface area contributed by atoms with E-state index in [1.807, 2.05) is 6.07 Å². The van der Waals surface area contributed by atoms with Gasteiger partial charge >= 0.3 is 0 Å². The number of benzene rings is 3. The fraction of sp³-hybridized carbons (Fsp3) is 0.231. The molecule has 1 saturated heterocycles. The first-order valence-electron chi connectivity index (χ1n) is 10.2. The Hall–Kier alpha value is -3.05. The van der Waals surface area contributed by atoms with E-state index in [1.54, 1.807) is 36.4 Å². The lowest BCUT2D eigenvalue weighted by Gasteiger charge is -2.27. The zero-order valence-electron chi connectivity index (χ0n) is 17.2. The Morgan fingerprint density at radius 2 is 1.61 bits per heavy atom. The second kappa shape index (κ2) is 8.98. The van der Waals surface area contributed by atoms with E-state index in [-0.39, 0.29) is 29.2 Å². The Morgan fingerprint density at radius 1 is 0.903 bits per heavy atom. The summed E-state index contributed by atoms with van der Waals surface area (Å²) in [6.45, 7) is 4.22. The van der Waals surface area contributed by atoms with Crippen molar-refractivity contribution in [1.82, 2.24) is 0 Å². The van der Waals surface area contributed by atoms with Crippen LogP contribution < -0.4 is 4.74 Å². The van der Waals surface area contributed by atoms with Crippen molar-refractivity contribution in [3.05, 3.63) is 90.3 Å². The van der Waals surface area contributed by atoms with E-state index in [9.17, 15) is 13.2 Å². The highest BCUT2D eigenvalue weighted by Crippen LogP contribution is 2.34. The van der Waals surface area contributed by atoms with Crippen molar-refractivity contribution < 1.29 is 22.6 Å². The molecule has 1 heterocycles. The SMILES string of the molecule is C=CC1CCC(c2ccc(-c3ccc(-c4ccc(OC)c(F)c4F)cc3)cc2F)CO1. The first-order chi connectivity index (χ1) is 15.0. The van der Waals surface area contributed by atoms with Crippen LogP contribution in [0, 0.1) is 17.5 Å². The number of methoxy groups -OCH3 is 1. The molecule has 3 aromatic carbocycles. The number of hydrogen-bond donors (Lipinski definition) is 0. The molecule has 2 nitrogen and oxygen atoms in total. The molecule has 3 aromatic rings. The van der Waals surface area contributed by atoms with Crippen LogP contribution in [0.3, 0.4) is 0 Å². The summed E-state index contributed by atoms with van der Waals surface area (Å²) in [5.41, 5.74) is 2.82. The Bertz CT molecular complexity index is 1080. The summed E-state index contributed by atoms with van der Waals surface area (Å²) in [5, 5.41) is 0. The molecule has 1 aliphatic heterocycles. The molecule has 1 fully saturated rings. The van der Waals surface area contributed by atoms with Gasteiger partial charge in [0, 0.05) is 11.5 Å². The molecule has 2 atom stereocenters. The molecular formula is C26H23F3O2. The van der Waals surface area contributed by atoms with Crippen molar-refractivity contribution in [2.45, 2.75) is 24.9 Å². The van der Waals surface area contributed by atoms with Crippen LogP contribution in [0.1, 0.15) is 24.3 Å². The zero-order valence-corrected chi connectivity index (χ0v) is 17.2. The summed E-state index contributed by atoms with van der Waals surface area (Å²) in [4.78, 5) is 0. The fourth-order valence-corrected chi connectivity index (χ4v) is 4.00. The van der Waals surface area contributed by atoms with E-state index >= 15 is 0 Å². The van der Waals surface area contributed by atoms with E-state index in [2.05, 4.69) is 6.58 Å². The van der Waals surface area contributed by atoms with E-state index in [0.29, 0.717) is 17.7 Å². The van der Waals surface area contributed by atoms with Gasteiger partial charge < -0.3 is 9.47 Å². The third-order valence-electron chi connectivity index (χ3n) is 5.81. The first kappa shape index (κ1) is 21.2. The molecule has 0 N–H and O–H groups in total. The minimum absolute atomic E-state index is 0.0283. The Kier molecular flexibility index (Phi) is 6.14. The van der Waals surface area contributed by atoms with Gasteiger partial charge in [0.2, 0.25) is 5.82 Å². The third kappa shape index (κ3) is 4.23. The van der Waals surface area contributed by atoms with Crippen LogP contribution in [0.25, 0.3) is 22.3 Å². The predicted molar refractivity (Wildman–Crippen MR) is 116 cm³/mol. The standard InChI is InChI=1S/C26H23F3O2/c1-3-20-10-8-19(15-31-20)21-11-9-18(14-23(21)27)16-4-6-17(7-5-16)22-12-13-24(30-2)26(29)25(22)28/h3-7,9,11-14,19-20H,1,8,10,15H2,2H3. The lowest BCUT2D eigenvalue weighted by molar-refractivity contribution is 0.0321. The number of ether oxygens (including phenoxy) is 2. The molecular weight excluding hydrogens is 401 g/mol. The second-order valence-electron chi connectivity index (χ2n) is 7.64. The van der Waals surface area contributed by atoms with Gasteiger partial charge in [0.1, 0.15) is 5.82 Å². The minimum Gasteiger partial charge on any atom is -0.494 e. The maximum Gasteiger partial charge on any atom is 0.201 e. The van der Waals surface area contributed by atoms with Crippen LogP contribution in [-0.4, -0.2) is 19.8 Å². The van der Waals surface area contributed by atoms with Gasteiger partial charge in [-0.05, 0) is 53.3 Å². The van der Waals surface area contributed by atoms with E-state index in [1.165, 1.54) is 25.3 Å². The highest BCUT2D eigenvalue weighted by atomic mass is 19.2. The van der Waals surface area contributed by atoms with Crippen molar-refractivity contribution in [3.8, 4) is 28.0 Å². The molecule has 0 bridgehead atoms. The van der Waals surface area contributed by atoms with Crippen molar-refractivity contribution >= 4 is 0 Å². The molecule has 0 aliphatic carbocycles. The molecule has 4 rings (SSSR count). The monoisotopic (exact) mass is 424 g/mol. The van der Waals surface area contributed by atoms with Gasteiger partial charge in [-0.25, -0.2) is 8.78 Å². The minimum atomic E-state index is -1.02. The summed E-state index contributed by atoms with van der Waals surface area (Å²) in [5.74, 6) is -2.36. The predicted octanol–water partition coefficient (Wildman–Crippen LogP) is 6.90. The second-order valence-corrected chi connectivity index (χ2v) is 7.64. The van der Waals surface area contributed by atoms with E-state index in [4.69, 9.17) is 9.47 Å². The lowest BCUT2D eigenvalue weighted by Crippen LogP contribution is -2.23. The molecule has 0 spiro atoms. The number of halogens is 3. The average Bonchev–Trinajstić information content (AvgIpc) is 2.81. The van der Waals surface area contributed by atoms with Crippen molar-refractivity contribution in [2.24, 2.45) is 0 Å². The summed E-state index contributed by atoms with van der Waals surface area (Å²) in [7, 11) is 1.29. The van der Waals surface area contributed by atoms with Crippen molar-refractivity contribution in [3.63, 3.8) is 0 Å². The van der Waals surface area contributed by atoms with Crippen LogP contribution >= 0.6 is 0 Å². The molecule has 0 aromatic heterocycles. The summed E-state index contributed by atoms with van der Waals surface area (Å²) in [6, 6.07) is 15.0. The first-order valence-corrected chi connectivity index (χ1v) is 10.2. The van der Waals surface area contributed by atoms with Crippen LogP contribution in [0.5, 0.6) is 5.75 Å². The van der Waals surface area contributed by atoms with Crippen LogP contribution in [0.4, 0.5) is 13.2 Å². The highest BCUT2D eigenvalue weighted by Gasteiger charge is 2.23. The molecule has 2 unspecified atom stereocenters. The molecule has 0 radical (unpaired) electrons. The quantitative estimate of drug-likeness (QED) is 0.415. The maximum absolute atomic E-state index is 14.8. The highest BCUT2D eigenvalue weighted by molar-refractivity contribution is 5.71. The third-order valence-corrected chi connectivity index (χ3v) is 5.81. The van der Waals surface area contributed by atoms with Crippen LogP contribution in [0.15, 0.2) is 67.3 Å². The Labute approximate surface area is 179 Å². The molecule has 0 saturated carbocycles. The van der Waals surface area contributed by atoms with Crippen LogP contribution in [-0.2, 0) is 4.74 Å². The Balaban J connectivity index is 1.55. The summed E-state index contributed by atoms with van der Waals surface area (Å²) < 4.78 is 53.7. The fourth-order valence-electron chi connectivity index (χ4n) is 4.00. The molecule has 0 amide bonds. The van der Waals surface area contributed by atoms with Crippen molar-refractivity contribution in [1.29, 1.82) is 0 Å². The number of rotatable bonds is 5.